The Balaban J connectivity index is 1.90. The van der Waals surface area contributed by atoms with Gasteiger partial charge < -0.3 is 47.7 Å². The van der Waals surface area contributed by atoms with Crippen LogP contribution in [0.5, 0.6) is 23.3 Å². The van der Waals surface area contributed by atoms with Gasteiger partial charge in [0.15, 0.2) is 26.2 Å². The Morgan fingerprint density at radius 3 is 1.98 bits per heavy atom. The van der Waals surface area contributed by atoms with Gasteiger partial charge in [-0.1, -0.05) is 18.9 Å². The van der Waals surface area contributed by atoms with Gasteiger partial charge in [-0.25, -0.2) is 4.57 Å². The largest absolute Gasteiger partial charge is 0.491 e. The van der Waals surface area contributed by atoms with Gasteiger partial charge in [0.05, 0.1) is 44.3 Å². The molecule has 0 atom stereocenters. The Bertz CT molecular complexity index is 1190. The molecule has 0 fully saturated rings. The summed E-state index contributed by atoms with van der Waals surface area (Å²) < 4.78 is 51.2. The molecule has 1 heterocycles. The first kappa shape index (κ1) is 33.0. The van der Waals surface area contributed by atoms with Gasteiger partial charge in [0.2, 0.25) is 0 Å². The molecule has 13 heteroatoms. The van der Waals surface area contributed by atoms with Gasteiger partial charge in [-0.05, 0) is 41.8 Å². The molecule has 1 N–H and O–H groups in total. The average Bonchev–Trinajstić information content (AvgIpc) is 3.42. The first-order chi connectivity index (χ1) is 20.5. The minimum Gasteiger partial charge on any atom is -0.491 e. The number of rotatable bonds is 21. The van der Waals surface area contributed by atoms with Crippen molar-refractivity contribution in [3.63, 3.8) is 0 Å². The normalized spacial score (nSPS) is 11.2. The topological polar surface area (TPSA) is 134 Å². The quantitative estimate of drug-likeness (QED) is 0.144. The van der Waals surface area contributed by atoms with Crippen LogP contribution >= 0.6 is 0 Å². The minimum atomic E-state index is -0.0154. The summed E-state index contributed by atoms with van der Waals surface area (Å²) in [7, 11) is 4.65. The molecule has 0 amide bonds. The number of hydrogen-bond donors (Lipinski definition) is 1. The van der Waals surface area contributed by atoms with Gasteiger partial charge in [0, 0.05) is 27.4 Å². The molecule has 0 aliphatic carbocycles. The van der Waals surface area contributed by atoms with Crippen LogP contribution in [-0.2, 0) is 23.7 Å². The second-order valence-corrected chi connectivity index (χ2v) is 9.13. The van der Waals surface area contributed by atoms with Gasteiger partial charge in [-0.2, -0.15) is 0 Å². The molecule has 0 aliphatic rings. The third-order valence-corrected chi connectivity index (χ3v) is 5.78. The molecular weight excluding hydrogens is 550 g/mol. The summed E-state index contributed by atoms with van der Waals surface area (Å²) in [5.41, 5.74) is 2.33. The highest BCUT2D eigenvalue weighted by atomic mass is 16.7. The number of ether oxygens (including phenoxy) is 9. The molecule has 2 aromatic carbocycles. The molecule has 0 saturated carbocycles. The van der Waals surface area contributed by atoms with E-state index >= 15 is 0 Å². The van der Waals surface area contributed by atoms with Crippen molar-refractivity contribution in [3.8, 4) is 40.3 Å². The number of aliphatic hydroxyl groups excluding tert-OH is 1. The molecule has 232 valence electrons. The molecule has 0 spiro atoms. The van der Waals surface area contributed by atoms with E-state index in [1.807, 2.05) is 30.3 Å². The zero-order valence-electron chi connectivity index (χ0n) is 24.9. The molecule has 3 aromatic rings. The van der Waals surface area contributed by atoms with Crippen molar-refractivity contribution in [2.75, 3.05) is 81.3 Å². The fourth-order valence-electron chi connectivity index (χ4n) is 3.87. The summed E-state index contributed by atoms with van der Waals surface area (Å²) in [6.45, 7) is 6.15. The third kappa shape index (κ3) is 9.54. The van der Waals surface area contributed by atoms with E-state index in [0.29, 0.717) is 61.7 Å². The molecular formula is C29H41N3O10. The van der Waals surface area contributed by atoms with E-state index in [9.17, 15) is 0 Å². The van der Waals surface area contributed by atoms with E-state index < -0.39 is 0 Å². The van der Waals surface area contributed by atoms with Crippen molar-refractivity contribution in [1.29, 1.82) is 0 Å². The van der Waals surface area contributed by atoms with Crippen molar-refractivity contribution in [1.82, 2.24) is 14.8 Å². The van der Waals surface area contributed by atoms with Gasteiger partial charge in [0.25, 0.3) is 0 Å². The lowest BCUT2D eigenvalue weighted by Gasteiger charge is -2.19. The van der Waals surface area contributed by atoms with Crippen molar-refractivity contribution in [2.45, 2.75) is 19.8 Å². The summed E-state index contributed by atoms with van der Waals surface area (Å²) in [5.74, 6) is 2.39. The summed E-state index contributed by atoms with van der Waals surface area (Å²) in [5, 5.41) is 17.5. The fraction of sp³-hybridized carbons (Fsp3) is 0.517. The van der Waals surface area contributed by atoms with Crippen LogP contribution in [0.3, 0.4) is 0 Å². The standard InChI is InChI=1S/C29H41N3O10/c1-21(2)24-16-25(27(41-19-35-4)17-26(24)40-18-34-3)28-30-31-29(42-20-36-5)32(28)22-6-8-23(9-7-22)39-15-14-38-13-12-37-11-10-33/h6-9,16-17,21,33H,10-15,18-20H2,1-5H3. The van der Waals surface area contributed by atoms with Crippen LogP contribution in [0, 0.1) is 0 Å². The smallest absolute Gasteiger partial charge is 0.324 e. The lowest BCUT2D eigenvalue weighted by atomic mass is 9.98. The summed E-state index contributed by atoms with van der Waals surface area (Å²) in [4.78, 5) is 0. The van der Waals surface area contributed by atoms with E-state index in [1.165, 1.54) is 7.11 Å². The van der Waals surface area contributed by atoms with E-state index in [1.54, 1.807) is 24.9 Å². The van der Waals surface area contributed by atoms with E-state index in [4.69, 9.17) is 47.7 Å². The van der Waals surface area contributed by atoms with Crippen molar-refractivity contribution in [3.05, 3.63) is 42.0 Å². The van der Waals surface area contributed by atoms with Crippen LogP contribution in [0.4, 0.5) is 0 Å². The minimum absolute atomic E-state index is 0.00635. The highest BCUT2D eigenvalue weighted by Crippen LogP contribution is 2.40. The average molecular weight is 592 g/mol. The van der Waals surface area contributed by atoms with Crippen LogP contribution in [0.15, 0.2) is 36.4 Å². The number of aliphatic hydroxyl groups is 1. The van der Waals surface area contributed by atoms with E-state index in [2.05, 4.69) is 24.0 Å². The zero-order chi connectivity index (χ0) is 30.2. The lowest BCUT2D eigenvalue weighted by molar-refractivity contribution is 0.0247. The van der Waals surface area contributed by atoms with Crippen LogP contribution in [0.25, 0.3) is 17.1 Å². The predicted molar refractivity (Wildman–Crippen MR) is 153 cm³/mol. The molecule has 13 nitrogen and oxygen atoms in total. The summed E-state index contributed by atoms with van der Waals surface area (Å²) >= 11 is 0. The molecule has 0 saturated heterocycles. The number of hydrogen-bond acceptors (Lipinski definition) is 12. The Morgan fingerprint density at radius 1 is 0.714 bits per heavy atom. The number of methoxy groups -OCH3 is 3. The van der Waals surface area contributed by atoms with Crippen LogP contribution in [-0.4, -0.2) is 101 Å². The van der Waals surface area contributed by atoms with Gasteiger partial charge in [-0.15, -0.1) is 5.10 Å². The predicted octanol–water partition coefficient (Wildman–Crippen LogP) is 3.41. The monoisotopic (exact) mass is 591 g/mol. The first-order valence-corrected chi connectivity index (χ1v) is 13.5. The lowest BCUT2D eigenvalue weighted by Crippen LogP contribution is -2.12. The Morgan fingerprint density at radius 2 is 1.33 bits per heavy atom. The highest BCUT2D eigenvalue weighted by Gasteiger charge is 2.24. The SMILES string of the molecule is COCOc1cc(OCOC)c(C(C)C)cc1-c1nnc(OCOC)n1-c1ccc(OCCOCCOCCO)cc1. The van der Waals surface area contributed by atoms with Gasteiger partial charge in [0.1, 0.15) is 23.9 Å². The van der Waals surface area contributed by atoms with Crippen molar-refractivity contribution >= 4 is 0 Å². The molecule has 1 aromatic heterocycles. The van der Waals surface area contributed by atoms with Gasteiger partial charge >= 0.3 is 6.01 Å². The number of benzene rings is 2. The third-order valence-electron chi connectivity index (χ3n) is 5.78. The molecule has 0 radical (unpaired) electrons. The second-order valence-electron chi connectivity index (χ2n) is 9.13. The second kappa shape index (κ2) is 18.2. The zero-order valence-corrected chi connectivity index (χ0v) is 24.9. The van der Waals surface area contributed by atoms with Crippen molar-refractivity contribution in [2.24, 2.45) is 0 Å². The first-order valence-electron chi connectivity index (χ1n) is 13.5. The summed E-state index contributed by atoms with van der Waals surface area (Å²) in [6.07, 6.45) is 0. The van der Waals surface area contributed by atoms with Crippen molar-refractivity contribution < 1.29 is 47.7 Å². The summed E-state index contributed by atoms with van der Waals surface area (Å²) in [6, 6.07) is 11.4. The van der Waals surface area contributed by atoms with Gasteiger partial charge in [-0.3, -0.25) is 0 Å². The van der Waals surface area contributed by atoms with Crippen LogP contribution in [0.2, 0.25) is 0 Å². The molecule has 0 bridgehead atoms. The Kier molecular flexibility index (Phi) is 14.3. The van der Waals surface area contributed by atoms with Crippen LogP contribution in [0.1, 0.15) is 25.3 Å². The van der Waals surface area contributed by atoms with Crippen LogP contribution < -0.4 is 18.9 Å². The maximum atomic E-state index is 8.72. The Labute approximate surface area is 246 Å². The molecule has 3 rings (SSSR count). The Hall–Kier alpha value is -3.46. The number of aromatic nitrogens is 3. The van der Waals surface area contributed by atoms with E-state index in [-0.39, 0.29) is 38.9 Å². The van der Waals surface area contributed by atoms with E-state index in [0.717, 1.165) is 11.3 Å². The fourth-order valence-corrected chi connectivity index (χ4v) is 3.87. The number of nitrogens with zero attached hydrogens (tertiary/aromatic N) is 3. The molecule has 0 unspecified atom stereocenters. The molecule has 42 heavy (non-hydrogen) atoms. The maximum Gasteiger partial charge on any atom is 0.324 e. The molecule has 0 aliphatic heterocycles. The maximum absolute atomic E-state index is 8.72. The highest BCUT2D eigenvalue weighted by molar-refractivity contribution is 5.70.